The lowest BCUT2D eigenvalue weighted by atomic mass is 10.2. The van der Waals surface area contributed by atoms with E-state index < -0.39 is 0 Å². The van der Waals surface area contributed by atoms with Crippen molar-refractivity contribution in [3.05, 3.63) is 53.0 Å². The van der Waals surface area contributed by atoms with Crippen LogP contribution in [-0.2, 0) is 17.8 Å². The highest BCUT2D eigenvalue weighted by Gasteiger charge is 2.09. The van der Waals surface area contributed by atoms with E-state index in [1.165, 1.54) is 0 Å². The largest absolute Gasteiger partial charge is 0.497 e. The highest BCUT2D eigenvalue weighted by molar-refractivity contribution is 7.18. The number of nitrogens with one attached hydrogen (secondary N) is 1. The van der Waals surface area contributed by atoms with Crippen molar-refractivity contribution in [3.63, 3.8) is 0 Å². The number of thiazole rings is 1. The fraction of sp³-hybridized carbons (Fsp3) is 0.263. The van der Waals surface area contributed by atoms with E-state index in [2.05, 4.69) is 10.3 Å². The summed E-state index contributed by atoms with van der Waals surface area (Å²) in [5.41, 5.74) is 1.91. The standard InChI is InChI=1S/C19H20N2O3S/c1-23-14-8-7-13(16(11-14)24-2)12-20-18(22)9-10-19-21-15-5-3-4-6-17(15)25-19/h3-8,11H,9-10,12H2,1-2H3,(H,20,22). The Bertz CT molecular complexity index is 843. The Morgan fingerprint density at radius 2 is 2.00 bits per heavy atom. The van der Waals surface area contributed by atoms with Crippen molar-refractivity contribution in [1.82, 2.24) is 10.3 Å². The van der Waals surface area contributed by atoms with Gasteiger partial charge in [-0.25, -0.2) is 4.98 Å². The van der Waals surface area contributed by atoms with Crippen LogP contribution >= 0.6 is 11.3 Å². The molecule has 0 radical (unpaired) electrons. The number of aromatic nitrogens is 1. The maximum Gasteiger partial charge on any atom is 0.220 e. The molecular weight excluding hydrogens is 336 g/mol. The Morgan fingerprint density at radius 1 is 1.16 bits per heavy atom. The molecule has 0 bridgehead atoms. The molecule has 0 saturated carbocycles. The normalized spacial score (nSPS) is 10.6. The number of rotatable bonds is 7. The molecule has 1 heterocycles. The minimum Gasteiger partial charge on any atom is -0.497 e. The van der Waals surface area contributed by atoms with Crippen LogP contribution in [-0.4, -0.2) is 25.1 Å². The van der Waals surface area contributed by atoms with E-state index in [1.807, 2.05) is 42.5 Å². The summed E-state index contributed by atoms with van der Waals surface area (Å²) in [4.78, 5) is 16.7. The van der Waals surface area contributed by atoms with Gasteiger partial charge in [0.25, 0.3) is 0 Å². The van der Waals surface area contributed by atoms with Gasteiger partial charge in [0, 0.05) is 31.0 Å². The molecule has 1 amide bonds. The predicted octanol–water partition coefficient (Wildman–Crippen LogP) is 3.56. The van der Waals surface area contributed by atoms with E-state index in [-0.39, 0.29) is 5.91 Å². The zero-order chi connectivity index (χ0) is 17.6. The lowest BCUT2D eigenvalue weighted by molar-refractivity contribution is -0.121. The van der Waals surface area contributed by atoms with Crippen LogP contribution in [0.1, 0.15) is 17.0 Å². The summed E-state index contributed by atoms with van der Waals surface area (Å²) in [7, 11) is 3.21. The highest BCUT2D eigenvalue weighted by atomic mass is 32.1. The van der Waals surface area contributed by atoms with Crippen molar-refractivity contribution in [2.45, 2.75) is 19.4 Å². The molecule has 1 aromatic heterocycles. The molecule has 0 saturated heterocycles. The summed E-state index contributed by atoms with van der Waals surface area (Å²) in [6.45, 7) is 0.422. The van der Waals surface area contributed by atoms with Crippen LogP contribution in [0.25, 0.3) is 10.2 Å². The first kappa shape index (κ1) is 17.2. The lowest BCUT2D eigenvalue weighted by Gasteiger charge is -2.11. The van der Waals surface area contributed by atoms with Gasteiger partial charge < -0.3 is 14.8 Å². The van der Waals surface area contributed by atoms with Crippen molar-refractivity contribution in [2.75, 3.05) is 14.2 Å². The fourth-order valence-corrected chi connectivity index (χ4v) is 3.49. The monoisotopic (exact) mass is 356 g/mol. The van der Waals surface area contributed by atoms with Crippen LogP contribution in [0.5, 0.6) is 11.5 Å². The van der Waals surface area contributed by atoms with Gasteiger partial charge in [-0.2, -0.15) is 0 Å². The number of nitrogens with zero attached hydrogens (tertiary/aromatic N) is 1. The van der Waals surface area contributed by atoms with Crippen LogP contribution in [0, 0.1) is 0 Å². The Labute approximate surface area is 150 Å². The third kappa shape index (κ3) is 4.28. The molecule has 0 spiro atoms. The van der Waals surface area contributed by atoms with Crippen LogP contribution in [0.2, 0.25) is 0 Å². The number of methoxy groups -OCH3 is 2. The quantitative estimate of drug-likeness (QED) is 0.703. The van der Waals surface area contributed by atoms with Crippen LogP contribution in [0.4, 0.5) is 0 Å². The predicted molar refractivity (Wildman–Crippen MR) is 99.3 cm³/mol. The first-order valence-corrected chi connectivity index (χ1v) is 8.83. The molecular formula is C19H20N2O3S. The van der Waals surface area contributed by atoms with Gasteiger partial charge in [0.05, 0.1) is 29.4 Å². The van der Waals surface area contributed by atoms with Gasteiger partial charge in [-0.1, -0.05) is 12.1 Å². The molecule has 5 nitrogen and oxygen atoms in total. The fourth-order valence-electron chi connectivity index (χ4n) is 2.53. The minimum atomic E-state index is -0.00266. The van der Waals surface area contributed by atoms with Gasteiger partial charge in [0.15, 0.2) is 0 Å². The van der Waals surface area contributed by atoms with E-state index >= 15 is 0 Å². The number of fused-ring (bicyclic) bond motifs is 1. The number of para-hydroxylation sites is 1. The molecule has 0 fully saturated rings. The summed E-state index contributed by atoms with van der Waals surface area (Å²) < 4.78 is 11.7. The van der Waals surface area contributed by atoms with Gasteiger partial charge in [-0.3, -0.25) is 4.79 Å². The number of ether oxygens (including phenoxy) is 2. The minimum absolute atomic E-state index is 0.00266. The Balaban J connectivity index is 1.54. The molecule has 0 aliphatic heterocycles. The first-order chi connectivity index (χ1) is 12.2. The lowest BCUT2D eigenvalue weighted by Crippen LogP contribution is -2.23. The second-order valence-electron chi connectivity index (χ2n) is 5.53. The molecule has 25 heavy (non-hydrogen) atoms. The number of amides is 1. The third-order valence-corrected chi connectivity index (χ3v) is 4.97. The molecule has 0 atom stereocenters. The smallest absolute Gasteiger partial charge is 0.220 e. The van der Waals surface area contributed by atoms with E-state index in [1.54, 1.807) is 25.6 Å². The van der Waals surface area contributed by atoms with Crippen LogP contribution in [0.15, 0.2) is 42.5 Å². The molecule has 1 N–H and O–H groups in total. The molecule has 130 valence electrons. The maximum atomic E-state index is 12.1. The zero-order valence-corrected chi connectivity index (χ0v) is 15.1. The molecule has 0 unspecified atom stereocenters. The van der Waals surface area contributed by atoms with E-state index in [4.69, 9.17) is 9.47 Å². The first-order valence-electron chi connectivity index (χ1n) is 8.01. The second kappa shape index (κ2) is 7.98. The van der Waals surface area contributed by atoms with E-state index in [9.17, 15) is 4.79 Å². The van der Waals surface area contributed by atoms with Crippen molar-refractivity contribution < 1.29 is 14.3 Å². The van der Waals surface area contributed by atoms with Crippen LogP contribution in [0.3, 0.4) is 0 Å². The average molecular weight is 356 g/mol. The van der Waals surface area contributed by atoms with Crippen molar-refractivity contribution >= 4 is 27.5 Å². The van der Waals surface area contributed by atoms with Gasteiger partial charge in [0.2, 0.25) is 5.91 Å². The van der Waals surface area contributed by atoms with Gasteiger partial charge in [0.1, 0.15) is 11.5 Å². The molecule has 3 aromatic rings. The Morgan fingerprint density at radius 3 is 2.76 bits per heavy atom. The van der Waals surface area contributed by atoms with Crippen molar-refractivity contribution in [3.8, 4) is 11.5 Å². The second-order valence-corrected chi connectivity index (χ2v) is 6.65. The van der Waals surface area contributed by atoms with E-state index in [0.29, 0.717) is 25.1 Å². The SMILES string of the molecule is COc1ccc(CNC(=O)CCc2nc3ccccc3s2)c(OC)c1. The zero-order valence-electron chi connectivity index (χ0n) is 14.2. The summed E-state index contributed by atoms with van der Waals surface area (Å²) in [5, 5.41) is 3.92. The summed E-state index contributed by atoms with van der Waals surface area (Å²) in [6.07, 6.45) is 1.06. The number of benzene rings is 2. The number of hydrogen-bond acceptors (Lipinski definition) is 5. The highest BCUT2D eigenvalue weighted by Crippen LogP contribution is 2.25. The number of hydrogen-bond donors (Lipinski definition) is 1. The molecule has 0 aliphatic rings. The number of carbonyl (C=O) groups excluding carboxylic acids is 1. The molecule has 6 heteroatoms. The van der Waals surface area contributed by atoms with Crippen molar-refractivity contribution in [2.24, 2.45) is 0 Å². The summed E-state index contributed by atoms with van der Waals surface area (Å²) >= 11 is 1.64. The number of carbonyl (C=O) groups is 1. The number of aryl methyl sites for hydroxylation is 1. The Hall–Kier alpha value is -2.60. The topological polar surface area (TPSA) is 60.5 Å². The Kier molecular flexibility index (Phi) is 5.50. The summed E-state index contributed by atoms with van der Waals surface area (Å²) in [5.74, 6) is 1.42. The van der Waals surface area contributed by atoms with Gasteiger partial charge in [-0.05, 0) is 24.3 Å². The molecule has 0 aliphatic carbocycles. The average Bonchev–Trinajstić information content (AvgIpc) is 3.07. The van der Waals surface area contributed by atoms with Crippen LogP contribution < -0.4 is 14.8 Å². The third-order valence-electron chi connectivity index (χ3n) is 3.87. The maximum absolute atomic E-state index is 12.1. The van der Waals surface area contributed by atoms with Gasteiger partial charge in [-0.15, -0.1) is 11.3 Å². The van der Waals surface area contributed by atoms with Gasteiger partial charge >= 0.3 is 0 Å². The van der Waals surface area contributed by atoms with Crippen molar-refractivity contribution in [1.29, 1.82) is 0 Å². The molecule has 3 rings (SSSR count). The summed E-state index contributed by atoms with van der Waals surface area (Å²) in [6, 6.07) is 13.6. The van der Waals surface area contributed by atoms with E-state index in [0.717, 1.165) is 26.5 Å². The molecule has 2 aromatic carbocycles.